The van der Waals surface area contributed by atoms with Crippen molar-refractivity contribution in [2.45, 2.75) is 24.8 Å². The molecule has 0 aromatic heterocycles. The van der Waals surface area contributed by atoms with Crippen LogP contribution in [0.25, 0.3) is 0 Å². The molecule has 7 nitrogen and oxygen atoms in total. The summed E-state index contributed by atoms with van der Waals surface area (Å²) in [6.45, 7) is 3.91. The summed E-state index contributed by atoms with van der Waals surface area (Å²) in [5.74, 6) is 0.152. The molecule has 0 saturated carbocycles. The highest BCUT2D eigenvalue weighted by Crippen LogP contribution is 2.15. The van der Waals surface area contributed by atoms with Crippen LogP contribution in [0.1, 0.15) is 13.8 Å². The van der Waals surface area contributed by atoms with Gasteiger partial charge in [-0.15, -0.1) is 0 Å². The Morgan fingerprint density at radius 1 is 1.32 bits per heavy atom. The zero-order valence-electron chi connectivity index (χ0n) is 10.7. The highest BCUT2D eigenvalue weighted by molar-refractivity contribution is 7.89. The Morgan fingerprint density at radius 2 is 1.84 bits per heavy atom. The Morgan fingerprint density at radius 3 is 2.26 bits per heavy atom. The van der Waals surface area contributed by atoms with E-state index in [2.05, 4.69) is 4.72 Å². The molecule has 106 valence electrons. The topological polar surface area (TPSA) is 115 Å². The van der Waals surface area contributed by atoms with Gasteiger partial charge in [0, 0.05) is 24.7 Å². The summed E-state index contributed by atoms with van der Waals surface area (Å²) in [6, 6.07) is 4.41. The molecule has 1 atom stereocenters. The molecule has 0 fully saturated rings. The first-order valence-electron chi connectivity index (χ1n) is 5.73. The van der Waals surface area contributed by atoms with E-state index < -0.39 is 14.9 Å². The fraction of sp³-hybridized carbons (Fsp3) is 0.455. The molecule has 1 unspecified atom stereocenters. The molecule has 0 radical (unpaired) electrons. The molecule has 0 spiro atoms. The minimum atomic E-state index is -3.68. The molecular formula is C11H17N3O4S. The molecule has 0 heterocycles. The first-order chi connectivity index (χ1) is 8.74. The molecule has 19 heavy (non-hydrogen) atoms. The second-order valence-corrected chi connectivity index (χ2v) is 6.28. The van der Waals surface area contributed by atoms with E-state index in [9.17, 15) is 18.5 Å². The third kappa shape index (κ3) is 4.27. The largest absolute Gasteiger partial charge is 0.326 e. The number of nitrogens with two attached hydrogens (primary N) is 1. The predicted molar refractivity (Wildman–Crippen MR) is 71.1 cm³/mol. The second-order valence-electron chi connectivity index (χ2n) is 4.51. The molecule has 1 aromatic carbocycles. The zero-order valence-corrected chi connectivity index (χ0v) is 11.6. The maximum Gasteiger partial charge on any atom is 0.269 e. The van der Waals surface area contributed by atoms with Crippen molar-refractivity contribution in [3.05, 3.63) is 34.4 Å². The third-order valence-electron chi connectivity index (χ3n) is 2.72. The quantitative estimate of drug-likeness (QED) is 0.594. The van der Waals surface area contributed by atoms with Gasteiger partial charge in [-0.3, -0.25) is 10.1 Å². The number of rotatable bonds is 6. The molecule has 0 aliphatic heterocycles. The number of hydrogen-bond acceptors (Lipinski definition) is 5. The molecule has 8 heteroatoms. The van der Waals surface area contributed by atoms with Gasteiger partial charge in [-0.1, -0.05) is 13.8 Å². The Hall–Kier alpha value is -1.51. The summed E-state index contributed by atoms with van der Waals surface area (Å²) in [5, 5.41) is 10.5. The normalized spacial score (nSPS) is 13.5. The number of benzene rings is 1. The van der Waals surface area contributed by atoms with Gasteiger partial charge in [-0.2, -0.15) is 0 Å². The van der Waals surface area contributed by atoms with E-state index in [1.54, 1.807) is 0 Å². The van der Waals surface area contributed by atoms with E-state index in [0.29, 0.717) is 0 Å². The molecular weight excluding hydrogens is 270 g/mol. The van der Waals surface area contributed by atoms with Crippen LogP contribution in [0.5, 0.6) is 0 Å². The van der Waals surface area contributed by atoms with Crippen molar-refractivity contribution in [3.63, 3.8) is 0 Å². The van der Waals surface area contributed by atoms with E-state index in [0.717, 1.165) is 12.1 Å². The van der Waals surface area contributed by atoms with Crippen molar-refractivity contribution in [1.29, 1.82) is 0 Å². The average Bonchev–Trinajstić information content (AvgIpc) is 2.36. The van der Waals surface area contributed by atoms with Gasteiger partial charge in [0.25, 0.3) is 5.69 Å². The Bertz CT molecular complexity index is 540. The van der Waals surface area contributed by atoms with Gasteiger partial charge in [0.1, 0.15) is 0 Å². The Balaban J connectivity index is 2.80. The lowest BCUT2D eigenvalue weighted by atomic mass is 10.1. The first-order valence-corrected chi connectivity index (χ1v) is 7.22. The van der Waals surface area contributed by atoms with Crippen molar-refractivity contribution < 1.29 is 13.3 Å². The maximum absolute atomic E-state index is 11.9. The lowest BCUT2D eigenvalue weighted by Crippen LogP contribution is -2.40. The van der Waals surface area contributed by atoms with Crippen LogP contribution in [0.15, 0.2) is 29.2 Å². The fourth-order valence-electron chi connectivity index (χ4n) is 1.27. The maximum atomic E-state index is 11.9. The van der Waals surface area contributed by atoms with E-state index in [1.807, 2.05) is 13.8 Å². The van der Waals surface area contributed by atoms with Crippen LogP contribution in [-0.2, 0) is 10.0 Å². The molecule has 0 bridgehead atoms. The average molecular weight is 287 g/mol. The number of nitro benzene ring substituents is 1. The summed E-state index contributed by atoms with van der Waals surface area (Å²) < 4.78 is 26.2. The van der Waals surface area contributed by atoms with Gasteiger partial charge in [0.05, 0.1) is 9.82 Å². The van der Waals surface area contributed by atoms with Gasteiger partial charge in [-0.05, 0) is 18.1 Å². The second kappa shape index (κ2) is 6.09. The lowest BCUT2D eigenvalue weighted by molar-refractivity contribution is -0.384. The molecule has 0 aliphatic carbocycles. The number of non-ortho nitro benzene ring substituents is 1. The van der Waals surface area contributed by atoms with Crippen LogP contribution >= 0.6 is 0 Å². The van der Waals surface area contributed by atoms with Gasteiger partial charge in [0.2, 0.25) is 10.0 Å². The summed E-state index contributed by atoms with van der Waals surface area (Å²) in [5.41, 5.74) is 5.59. The van der Waals surface area contributed by atoms with Crippen LogP contribution in [-0.4, -0.2) is 25.9 Å². The lowest BCUT2D eigenvalue weighted by Gasteiger charge is -2.16. The highest BCUT2D eigenvalue weighted by atomic mass is 32.2. The van der Waals surface area contributed by atoms with Crippen molar-refractivity contribution in [3.8, 4) is 0 Å². The van der Waals surface area contributed by atoms with E-state index in [4.69, 9.17) is 5.73 Å². The zero-order chi connectivity index (χ0) is 14.6. The van der Waals surface area contributed by atoms with Crippen LogP contribution in [0, 0.1) is 16.0 Å². The van der Waals surface area contributed by atoms with Crippen molar-refractivity contribution >= 4 is 15.7 Å². The summed E-state index contributed by atoms with van der Waals surface area (Å²) in [6.07, 6.45) is 0. The number of sulfonamides is 1. The van der Waals surface area contributed by atoms with Gasteiger partial charge in [0.15, 0.2) is 0 Å². The van der Waals surface area contributed by atoms with Crippen LogP contribution < -0.4 is 10.5 Å². The number of nitrogens with one attached hydrogen (secondary N) is 1. The van der Waals surface area contributed by atoms with Gasteiger partial charge in [-0.25, -0.2) is 13.1 Å². The minimum Gasteiger partial charge on any atom is -0.326 e. The first kappa shape index (κ1) is 15.5. The van der Waals surface area contributed by atoms with Crippen LogP contribution in [0.2, 0.25) is 0 Å². The van der Waals surface area contributed by atoms with Gasteiger partial charge >= 0.3 is 0 Å². The summed E-state index contributed by atoms with van der Waals surface area (Å²) in [7, 11) is -3.68. The standard InChI is InChI=1S/C11H17N3O4S/c1-8(2)11(12)7-13-19(17,18)10-5-3-9(4-6-10)14(15)16/h3-6,8,11,13H,7,12H2,1-2H3. The number of nitrogens with zero attached hydrogens (tertiary/aromatic N) is 1. The van der Waals surface area contributed by atoms with Crippen molar-refractivity contribution in [2.24, 2.45) is 11.7 Å². The predicted octanol–water partition coefficient (Wildman–Crippen LogP) is 0.856. The molecule has 1 aromatic rings. The van der Waals surface area contributed by atoms with Gasteiger partial charge < -0.3 is 5.73 Å². The molecule has 0 aliphatic rings. The SMILES string of the molecule is CC(C)C(N)CNS(=O)(=O)c1ccc([N+](=O)[O-])cc1. The van der Waals surface area contributed by atoms with Crippen molar-refractivity contribution in [2.75, 3.05) is 6.54 Å². The van der Waals surface area contributed by atoms with Crippen LogP contribution in [0.3, 0.4) is 0 Å². The smallest absolute Gasteiger partial charge is 0.269 e. The molecule has 0 amide bonds. The number of hydrogen-bond donors (Lipinski definition) is 2. The monoisotopic (exact) mass is 287 g/mol. The number of nitro groups is 1. The van der Waals surface area contributed by atoms with E-state index in [-0.39, 0.29) is 29.1 Å². The fourth-order valence-corrected chi connectivity index (χ4v) is 2.34. The van der Waals surface area contributed by atoms with Crippen molar-refractivity contribution in [1.82, 2.24) is 4.72 Å². The molecule has 3 N–H and O–H groups in total. The molecule has 0 saturated heterocycles. The third-order valence-corrected chi connectivity index (χ3v) is 4.16. The van der Waals surface area contributed by atoms with E-state index in [1.165, 1.54) is 12.1 Å². The Kier molecular flexibility index (Phi) is 4.98. The Labute approximate surface area is 112 Å². The van der Waals surface area contributed by atoms with E-state index >= 15 is 0 Å². The minimum absolute atomic E-state index is 0.0194. The molecule has 1 rings (SSSR count). The van der Waals surface area contributed by atoms with Crippen LogP contribution in [0.4, 0.5) is 5.69 Å². The highest BCUT2D eigenvalue weighted by Gasteiger charge is 2.17. The summed E-state index contributed by atoms with van der Waals surface area (Å²) in [4.78, 5) is 9.87. The summed E-state index contributed by atoms with van der Waals surface area (Å²) >= 11 is 0.